The summed E-state index contributed by atoms with van der Waals surface area (Å²) < 4.78 is 2.35. The Labute approximate surface area is 150 Å². The number of aryl methyl sites for hydroxylation is 1. The molecule has 25 heavy (non-hydrogen) atoms. The first kappa shape index (κ1) is 17.9. The molecule has 5 nitrogen and oxygen atoms in total. The minimum absolute atomic E-state index is 0.0370. The number of imidazole rings is 1. The van der Waals surface area contributed by atoms with E-state index >= 15 is 0 Å². The Hall–Kier alpha value is -1.88. The van der Waals surface area contributed by atoms with Crippen molar-refractivity contribution in [3.63, 3.8) is 0 Å². The number of aromatic nitrogens is 2. The van der Waals surface area contributed by atoms with Crippen LogP contribution in [0.5, 0.6) is 0 Å². The van der Waals surface area contributed by atoms with E-state index in [1.807, 2.05) is 19.1 Å². The highest BCUT2D eigenvalue weighted by atomic mass is 16.1. The number of carbonyl (C=O) groups excluding carboxylic acids is 1. The monoisotopic (exact) mass is 342 g/mol. The second-order valence-electron chi connectivity index (χ2n) is 7.24. The molecule has 1 aromatic heterocycles. The molecule has 1 amide bonds. The van der Waals surface area contributed by atoms with Gasteiger partial charge in [-0.3, -0.25) is 9.69 Å². The minimum Gasteiger partial charge on any atom is -0.327 e. The van der Waals surface area contributed by atoms with Gasteiger partial charge in [0.25, 0.3) is 0 Å². The summed E-state index contributed by atoms with van der Waals surface area (Å²) in [4.78, 5) is 19.1. The number of anilines is 1. The van der Waals surface area contributed by atoms with Gasteiger partial charge in [-0.15, -0.1) is 0 Å². The van der Waals surface area contributed by atoms with Crippen LogP contribution in [0, 0.1) is 5.92 Å². The number of fused-ring (bicyclic) bond motifs is 1. The highest BCUT2D eigenvalue weighted by Crippen LogP contribution is 2.24. The second-order valence-corrected chi connectivity index (χ2v) is 7.24. The lowest BCUT2D eigenvalue weighted by molar-refractivity contribution is -0.115. The number of amides is 1. The van der Waals surface area contributed by atoms with Crippen molar-refractivity contribution in [2.45, 2.75) is 59.5 Å². The standard InChI is InChI=1S/C20H30N4O/c1-4-10-24-18-7-6-16(21-20(25)5-2)13-17(18)22-19(24)14-23-11-8-15(3)9-12-23/h6-7,13,15H,4-5,8-12,14H2,1-3H3,(H,21,25). The van der Waals surface area contributed by atoms with E-state index in [0.29, 0.717) is 6.42 Å². The first-order valence-electron chi connectivity index (χ1n) is 9.62. The van der Waals surface area contributed by atoms with E-state index in [2.05, 4.69) is 34.7 Å². The number of carbonyl (C=O) groups is 1. The van der Waals surface area contributed by atoms with Gasteiger partial charge in [0.15, 0.2) is 0 Å². The molecular weight excluding hydrogens is 312 g/mol. The van der Waals surface area contributed by atoms with Crippen molar-refractivity contribution >= 4 is 22.6 Å². The maximum atomic E-state index is 11.6. The average molecular weight is 342 g/mol. The lowest BCUT2D eigenvalue weighted by Crippen LogP contribution is -2.33. The van der Waals surface area contributed by atoms with Crippen LogP contribution >= 0.6 is 0 Å². The van der Waals surface area contributed by atoms with Crippen LogP contribution in [0.3, 0.4) is 0 Å². The summed E-state index contributed by atoms with van der Waals surface area (Å²) in [7, 11) is 0. The number of likely N-dealkylation sites (tertiary alicyclic amines) is 1. The summed E-state index contributed by atoms with van der Waals surface area (Å²) in [5, 5.41) is 2.93. The molecule has 0 spiro atoms. The largest absolute Gasteiger partial charge is 0.327 e. The Morgan fingerprint density at radius 2 is 2.04 bits per heavy atom. The fourth-order valence-electron chi connectivity index (χ4n) is 3.52. The summed E-state index contributed by atoms with van der Waals surface area (Å²) >= 11 is 0. The van der Waals surface area contributed by atoms with Gasteiger partial charge in [0.05, 0.1) is 17.6 Å². The van der Waals surface area contributed by atoms with Crippen LogP contribution in [-0.2, 0) is 17.9 Å². The van der Waals surface area contributed by atoms with Gasteiger partial charge in [-0.2, -0.15) is 0 Å². The van der Waals surface area contributed by atoms with Crippen LogP contribution in [-0.4, -0.2) is 33.4 Å². The second kappa shape index (κ2) is 8.00. The van der Waals surface area contributed by atoms with Gasteiger partial charge < -0.3 is 9.88 Å². The number of benzene rings is 1. The molecule has 0 unspecified atom stereocenters. The van der Waals surface area contributed by atoms with E-state index in [1.54, 1.807) is 0 Å². The zero-order chi connectivity index (χ0) is 17.8. The SMILES string of the molecule is CCCn1c(CN2CCC(C)CC2)nc2cc(NC(=O)CC)ccc21. The third-order valence-corrected chi connectivity index (χ3v) is 5.12. The first-order chi connectivity index (χ1) is 12.1. The van der Waals surface area contributed by atoms with Crippen molar-refractivity contribution in [3.8, 4) is 0 Å². The van der Waals surface area contributed by atoms with Crippen LogP contribution in [0.25, 0.3) is 11.0 Å². The predicted molar refractivity (Wildman–Crippen MR) is 103 cm³/mol. The molecule has 1 aliphatic rings. The van der Waals surface area contributed by atoms with E-state index in [-0.39, 0.29) is 5.91 Å². The van der Waals surface area contributed by atoms with Gasteiger partial charge in [-0.25, -0.2) is 4.98 Å². The van der Waals surface area contributed by atoms with Crippen molar-refractivity contribution in [3.05, 3.63) is 24.0 Å². The highest BCUT2D eigenvalue weighted by molar-refractivity contribution is 5.92. The smallest absolute Gasteiger partial charge is 0.224 e. The number of hydrogen-bond acceptors (Lipinski definition) is 3. The van der Waals surface area contributed by atoms with Gasteiger partial charge in [0.2, 0.25) is 5.91 Å². The topological polar surface area (TPSA) is 50.2 Å². The van der Waals surface area contributed by atoms with E-state index in [9.17, 15) is 4.79 Å². The van der Waals surface area contributed by atoms with Gasteiger partial charge in [0, 0.05) is 18.7 Å². The zero-order valence-electron chi connectivity index (χ0n) is 15.7. The number of nitrogens with one attached hydrogen (secondary N) is 1. The molecule has 2 aromatic rings. The van der Waals surface area contributed by atoms with E-state index in [4.69, 9.17) is 4.98 Å². The molecule has 0 bridgehead atoms. The van der Waals surface area contributed by atoms with Crippen LogP contribution in [0.2, 0.25) is 0 Å². The van der Waals surface area contributed by atoms with Crippen molar-refractivity contribution < 1.29 is 4.79 Å². The van der Waals surface area contributed by atoms with E-state index in [1.165, 1.54) is 12.8 Å². The van der Waals surface area contributed by atoms with Crippen molar-refractivity contribution in [2.24, 2.45) is 5.92 Å². The quantitative estimate of drug-likeness (QED) is 0.862. The van der Waals surface area contributed by atoms with Gasteiger partial charge >= 0.3 is 0 Å². The molecule has 5 heteroatoms. The van der Waals surface area contributed by atoms with Crippen molar-refractivity contribution in [1.29, 1.82) is 0 Å². The van der Waals surface area contributed by atoms with Crippen molar-refractivity contribution in [1.82, 2.24) is 14.5 Å². The molecule has 3 rings (SSSR count). The maximum Gasteiger partial charge on any atom is 0.224 e. The summed E-state index contributed by atoms with van der Waals surface area (Å²) in [5.74, 6) is 2.02. The van der Waals surface area contributed by atoms with Gasteiger partial charge in [-0.1, -0.05) is 20.8 Å². The molecule has 1 aromatic carbocycles. The van der Waals surface area contributed by atoms with Crippen LogP contribution in [0.4, 0.5) is 5.69 Å². The number of piperidine rings is 1. The third kappa shape index (κ3) is 4.21. The molecule has 1 N–H and O–H groups in total. The summed E-state index contributed by atoms with van der Waals surface area (Å²) in [5.41, 5.74) is 2.97. The fourth-order valence-corrected chi connectivity index (χ4v) is 3.52. The lowest BCUT2D eigenvalue weighted by Gasteiger charge is -2.29. The van der Waals surface area contributed by atoms with Crippen LogP contribution in [0.15, 0.2) is 18.2 Å². The normalized spacial score (nSPS) is 16.4. The average Bonchev–Trinajstić information content (AvgIpc) is 2.94. The molecule has 1 aliphatic heterocycles. The molecule has 0 atom stereocenters. The Kier molecular flexibility index (Phi) is 5.74. The van der Waals surface area contributed by atoms with Crippen LogP contribution in [0.1, 0.15) is 52.3 Å². The molecule has 136 valence electrons. The lowest BCUT2D eigenvalue weighted by atomic mass is 9.99. The minimum atomic E-state index is 0.0370. The number of nitrogens with zero attached hydrogens (tertiary/aromatic N) is 3. The van der Waals surface area contributed by atoms with E-state index in [0.717, 1.165) is 61.1 Å². The molecular formula is C20H30N4O. The fraction of sp³-hybridized carbons (Fsp3) is 0.600. The Bertz CT molecular complexity index is 729. The maximum absolute atomic E-state index is 11.6. The first-order valence-corrected chi connectivity index (χ1v) is 9.62. The molecule has 2 heterocycles. The predicted octanol–water partition coefficient (Wildman–Crippen LogP) is 4.03. The third-order valence-electron chi connectivity index (χ3n) is 5.12. The van der Waals surface area contributed by atoms with Gasteiger partial charge in [0.1, 0.15) is 5.82 Å². The van der Waals surface area contributed by atoms with Crippen LogP contribution < -0.4 is 5.32 Å². The number of hydrogen-bond donors (Lipinski definition) is 1. The summed E-state index contributed by atoms with van der Waals surface area (Å²) in [6, 6.07) is 6.07. The van der Waals surface area contributed by atoms with Crippen molar-refractivity contribution in [2.75, 3.05) is 18.4 Å². The Morgan fingerprint density at radius 3 is 2.72 bits per heavy atom. The number of rotatable bonds is 6. The summed E-state index contributed by atoms with van der Waals surface area (Å²) in [6.07, 6.45) is 4.13. The van der Waals surface area contributed by atoms with E-state index < -0.39 is 0 Å². The van der Waals surface area contributed by atoms with Gasteiger partial charge in [-0.05, 0) is 56.5 Å². The highest BCUT2D eigenvalue weighted by Gasteiger charge is 2.19. The molecule has 1 saturated heterocycles. The molecule has 0 radical (unpaired) electrons. The molecule has 1 fully saturated rings. The Balaban J connectivity index is 1.85. The molecule has 0 saturated carbocycles. The Morgan fingerprint density at radius 1 is 1.28 bits per heavy atom. The summed E-state index contributed by atoms with van der Waals surface area (Å²) in [6.45, 7) is 10.6. The zero-order valence-corrected chi connectivity index (χ0v) is 15.7. The molecule has 0 aliphatic carbocycles.